The second-order valence-corrected chi connectivity index (χ2v) is 11.0. The molecule has 3 rings (SSSR count). The molecule has 174 valence electrons. The molecule has 2 unspecified atom stereocenters. The third-order valence-corrected chi connectivity index (χ3v) is 7.14. The van der Waals surface area contributed by atoms with E-state index in [2.05, 4.69) is 31.1 Å². The molecule has 1 fully saturated rings. The first-order valence-electron chi connectivity index (χ1n) is 11.2. The van der Waals surface area contributed by atoms with Gasteiger partial charge in [0.1, 0.15) is 6.04 Å². The Hall–Kier alpha value is -2.25. The molecule has 1 aliphatic rings. The quantitative estimate of drug-likeness (QED) is 0.687. The number of aryl methyl sites for hydroxylation is 1. The van der Waals surface area contributed by atoms with E-state index in [1.807, 2.05) is 50.5 Å². The summed E-state index contributed by atoms with van der Waals surface area (Å²) in [5, 5.41) is 13.2. The molecule has 0 aliphatic carbocycles. The van der Waals surface area contributed by atoms with Gasteiger partial charge in [0.15, 0.2) is 0 Å². The molecule has 2 aromatic rings. The zero-order chi connectivity index (χ0) is 23.6. The van der Waals surface area contributed by atoms with E-state index in [1.54, 1.807) is 16.2 Å². The average molecular weight is 458 g/mol. The van der Waals surface area contributed by atoms with Crippen molar-refractivity contribution < 1.29 is 14.7 Å². The number of nitrogens with zero attached hydrogens (tertiary/aromatic N) is 2. The third kappa shape index (κ3) is 5.38. The number of aliphatic hydroxyl groups is 1. The Morgan fingerprint density at radius 3 is 2.44 bits per heavy atom. The van der Waals surface area contributed by atoms with Crippen molar-refractivity contribution in [2.24, 2.45) is 17.3 Å². The Labute approximate surface area is 195 Å². The Morgan fingerprint density at radius 1 is 1.25 bits per heavy atom. The number of aliphatic hydroxyl groups excluding tert-OH is 1. The van der Waals surface area contributed by atoms with Crippen molar-refractivity contribution in [2.75, 3.05) is 6.54 Å². The van der Waals surface area contributed by atoms with E-state index >= 15 is 0 Å². The molecule has 1 saturated heterocycles. The largest absolute Gasteiger partial charge is 0.391 e. The first-order valence-corrected chi connectivity index (χ1v) is 12.1. The molecular weight excluding hydrogens is 422 g/mol. The van der Waals surface area contributed by atoms with Crippen molar-refractivity contribution in [3.8, 4) is 10.4 Å². The SMILES string of the molecule is Cc1ncsc1-c1ccc(CNC(=O)C2C[C@@H](O)CN2C(=O)C(C(C)C)C(C)(C)C)cc1. The van der Waals surface area contributed by atoms with Crippen LogP contribution in [0.25, 0.3) is 10.4 Å². The molecule has 2 amide bonds. The number of hydrogen-bond donors (Lipinski definition) is 2. The van der Waals surface area contributed by atoms with Crippen LogP contribution in [0.1, 0.15) is 52.3 Å². The van der Waals surface area contributed by atoms with Crippen molar-refractivity contribution in [3.63, 3.8) is 0 Å². The fourth-order valence-corrected chi connectivity index (χ4v) is 5.61. The summed E-state index contributed by atoms with van der Waals surface area (Å²) in [6.07, 6.45) is -0.403. The first-order chi connectivity index (χ1) is 15.0. The molecule has 0 spiro atoms. The first kappa shape index (κ1) is 24.4. The third-order valence-electron chi connectivity index (χ3n) is 6.16. The van der Waals surface area contributed by atoms with Crippen molar-refractivity contribution in [2.45, 2.75) is 66.7 Å². The van der Waals surface area contributed by atoms with Gasteiger partial charge in [-0.15, -0.1) is 11.3 Å². The van der Waals surface area contributed by atoms with Gasteiger partial charge in [-0.05, 0) is 29.4 Å². The molecule has 2 heterocycles. The van der Waals surface area contributed by atoms with Gasteiger partial charge in [-0.25, -0.2) is 4.98 Å². The maximum atomic E-state index is 13.4. The van der Waals surface area contributed by atoms with Gasteiger partial charge >= 0.3 is 0 Å². The summed E-state index contributed by atoms with van der Waals surface area (Å²) in [5.74, 6) is -0.335. The molecule has 0 radical (unpaired) electrons. The lowest BCUT2D eigenvalue weighted by Gasteiger charge is -2.37. The van der Waals surface area contributed by atoms with Crippen molar-refractivity contribution in [1.29, 1.82) is 0 Å². The number of carbonyl (C=O) groups is 2. The van der Waals surface area contributed by atoms with Gasteiger partial charge in [0.05, 0.1) is 22.2 Å². The maximum absolute atomic E-state index is 13.4. The Kier molecular flexibility index (Phi) is 7.40. The molecule has 32 heavy (non-hydrogen) atoms. The van der Waals surface area contributed by atoms with Crippen LogP contribution in [0.3, 0.4) is 0 Å². The highest BCUT2D eigenvalue weighted by molar-refractivity contribution is 7.13. The number of rotatable bonds is 6. The fraction of sp³-hybridized carbons (Fsp3) is 0.560. The van der Waals surface area contributed by atoms with E-state index in [0.717, 1.165) is 21.7 Å². The van der Waals surface area contributed by atoms with E-state index < -0.39 is 12.1 Å². The van der Waals surface area contributed by atoms with Crippen LogP contribution in [0.15, 0.2) is 29.8 Å². The minimum Gasteiger partial charge on any atom is -0.391 e. The lowest BCUT2D eigenvalue weighted by molar-refractivity contribution is -0.146. The van der Waals surface area contributed by atoms with E-state index in [0.29, 0.717) is 6.54 Å². The standard InChI is InChI=1S/C25H35N3O3S/c1-15(2)21(25(4,5)6)24(31)28-13-19(29)11-20(28)23(30)26-12-17-7-9-18(10-8-17)22-16(3)27-14-32-22/h7-10,14-15,19-21,29H,11-13H2,1-6H3,(H,26,30)/t19-,20?,21?/m1/s1. The number of nitrogens with one attached hydrogen (secondary N) is 1. The van der Waals surface area contributed by atoms with Gasteiger partial charge < -0.3 is 15.3 Å². The highest BCUT2D eigenvalue weighted by Gasteiger charge is 2.44. The van der Waals surface area contributed by atoms with E-state index in [-0.39, 0.29) is 42.0 Å². The lowest BCUT2D eigenvalue weighted by Crippen LogP contribution is -2.50. The Bertz CT molecular complexity index is 946. The highest BCUT2D eigenvalue weighted by atomic mass is 32.1. The van der Waals surface area contributed by atoms with Crippen LogP contribution in [0.2, 0.25) is 0 Å². The van der Waals surface area contributed by atoms with E-state index in [9.17, 15) is 14.7 Å². The molecule has 0 saturated carbocycles. The summed E-state index contributed by atoms with van der Waals surface area (Å²) in [4.78, 5) is 33.4. The van der Waals surface area contributed by atoms with Crippen LogP contribution >= 0.6 is 11.3 Å². The number of β-amino-alcohol motifs (C(OH)–C–C–N with tert-alkyl or cyclic N) is 1. The van der Waals surface area contributed by atoms with Gasteiger partial charge in [-0.1, -0.05) is 58.9 Å². The van der Waals surface area contributed by atoms with E-state index in [4.69, 9.17) is 0 Å². The molecule has 7 heteroatoms. The topological polar surface area (TPSA) is 82.5 Å². The van der Waals surface area contributed by atoms with Gasteiger partial charge in [0.2, 0.25) is 11.8 Å². The molecular formula is C25H35N3O3S. The lowest BCUT2D eigenvalue weighted by atomic mass is 9.73. The summed E-state index contributed by atoms with van der Waals surface area (Å²) in [6, 6.07) is 7.42. The summed E-state index contributed by atoms with van der Waals surface area (Å²) in [5.41, 5.74) is 4.72. The van der Waals surface area contributed by atoms with Crippen LogP contribution in [0, 0.1) is 24.2 Å². The van der Waals surface area contributed by atoms with Crippen LogP contribution in [0.4, 0.5) is 0 Å². The summed E-state index contributed by atoms with van der Waals surface area (Å²) in [6.45, 7) is 12.8. The molecule has 2 N–H and O–H groups in total. The van der Waals surface area contributed by atoms with Crippen LogP contribution in [-0.2, 0) is 16.1 Å². The predicted molar refractivity (Wildman–Crippen MR) is 128 cm³/mol. The number of carbonyl (C=O) groups excluding carboxylic acids is 2. The second-order valence-electron chi connectivity index (χ2n) is 10.2. The van der Waals surface area contributed by atoms with Crippen LogP contribution in [-0.4, -0.2) is 45.5 Å². The number of hydrogen-bond acceptors (Lipinski definition) is 5. The fourth-order valence-electron chi connectivity index (χ4n) is 4.80. The maximum Gasteiger partial charge on any atom is 0.243 e. The molecule has 3 atom stereocenters. The summed E-state index contributed by atoms with van der Waals surface area (Å²) < 4.78 is 0. The van der Waals surface area contributed by atoms with Crippen molar-refractivity contribution in [1.82, 2.24) is 15.2 Å². The Balaban J connectivity index is 1.67. The second kappa shape index (κ2) is 9.71. The van der Waals surface area contributed by atoms with Gasteiger partial charge in [0, 0.05) is 25.4 Å². The number of benzene rings is 1. The number of thiazole rings is 1. The smallest absolute Gasteiger partial charge is 0.243 e. The average Bonchev–Trinajstić information content (AvgIpc) is 3.30. The summed E-state index contributed by atoms with van der Waals surface area (Å²) >= 11 is 1.61. The normalized spacial score (nSPS) is 19.9. The Morgan fingerprint density at radius 2 is 1.91 bits per heavy atom. The van der Waals surface area contributed by atoms with Crippen LogP contribution < -0.4 is 5.32 Å². The predicted octanol–water partition coefficient (Wildman–Crippen LogP) is 4.01. The molecule has 1 aromatic heterocycles. The minimum atomic E-state index is -0.676. The molecule has 1 aliphatic heterocycles. The van der Waals surface area contributed by atoms with Crippen molar-refractivity contribution >= 4 is 23.2 Å². The molecule has 1 aromatic carbocycles. The van der Waals surface area contributed by atoms with E-state index in [1.165, 1.54) is 0 Å². The number of likely N-dealkylation sites (tertiary alicyclic amines) is 1. The number of aromatic nitrogens is 1. The monoisotopic (exact) mass is 457 g/mol. The van der Waals surface area contributed by atoms with Crippen molar-refractivity contribution in [3.05, 3.63) is 41.0 Å². The molecule has 6 nitrogen and oxygen atoms in total. The molecule has 0 bridgehead atoms. The van der Waals surface area contributed by atoms with Gasteiger partial charge in [0.25, 0.3) is 0 Å². The zero-order valence-corrected chi connectivity index (χ0v) is 20.7. The summed E-state index contributed by atoms with van der Waals surface area (Å²) in [7, 11) is 0. The number of amides is 2. The van der Waals surface area contributed by atoms with Gasteiger partial charge in [-0.2, -0.15) is 0 Å². The zero-order valence-electron chi connectivity index (χ0n) is 19.9. The highest BCUT2D eigenvalue weighted by Crippen LogP contribution is 2.35. The van der Waals surface area contributed by atoms with Crippen LogP contribution in [0.5, 0.6) is 0 Å². The minimum absolute atomic E-state index is 0.0477. The van der Waals surface area contributed by atoms with Gasteiger partial charge in [-0.3, -0.25) is 9.59 Å².